The van der Waals surface area contributed by atoms with Gasteiger partial charge in [-0.1, -0.05) is 50.2 Å². The van der Waals surface area contributed by atoms with Crippen LogP contribution in [0.15, 0.2) is 54.7 Å². The molecule has 0 bridgehead atoms. The number of benzene rings is 1. The number of rotatable bonds is 6. The van der Waals surface area contributed by atoms with Crippen LogP contribution in [0.1, 0.15) is 31.2 Å². The molecule has 1 aromatic heterocycles. The molecule has 21 heavy (non-hydrogen) atoms. The van der Waals surface area contributed by atoms with Gasteiger partial charge in [-0.25, -0.2) is 0 Å². The van der Waals surface area contributed by atoms with E-state index in [2.05, 4.69) is 30.8 Å². The fourth-order valence-electron chi connectivity index (χ4n) is 2.69. The van der Waals surface area contributed by atoms with Crippen LogP contribution in [0.5, 0.6) is 0 Å². The van der Waals surface area contributed by atoms with E-state index in [0.29, 0.717) is 0 Å². The average Bonchev–Trinajstić information content (AvgIpc) is 2.47. The summed E-state index contributed by atoms with van der Waals surface area (Å²) in [5.74, 6) is 0. The molecule has 0 amide bonds. The quantitative estimate of drug-likeness (QED) is 0.884. The summed E-state index contributed by atoms with van der Waals surface area (Å²) in [6, 6.07) is 15.8. The van der Waals surface area contributed by atoms with Crippen molar-refractivity contribution < 1.29 is 5.11 Å². The van der Waals surface area contributed by atoms with E-state index in [-0.39, 0.29) is 5.41 Å². The Hall–Kier alpha value is -1.71. The first-order chi connectivity index (χ1) is 9.99. The van der Waals surface area contributed by atoms with Crippen LogP contribution in [0, 0.1) is 5.41 Å². The molecule has 1 unspecified atom stereocenters. The molecule has 1 aromatic carbocycles. The molecule has 2 aromatic rings. The van der Waals surface area contributed by atoms with Crippen LogP contribution in [0.3, 0.4) is 0 Å². The minimum Gasteiger partial charge on any atom is -0.388 e. The van der Waals surface area contributed by atoms with Crippen molar-refractivity contribution in [1.29, 1.82) is 0 Å². The van der Waals surface area contributed by atoms with Crippen LogP contribution in [0.25, 0.3) is 0 Å². The summed E-state index contributed by atoms with van der Waals surface area (Å²) in [4.78, 5) is 6.55. The lowest BCUT2D eigenvalue weighted by atomic mass is 9.82. The smallest absolute Gasteiger partial charge is 0.0853 e. The zero-order valence-electron chi connectivity index (χ0n) is 13.0. The minimum atomic E-state index is -0.482. The first-order valence-electron chi connectivity index (χ1n) is 7.30. The molecule has 0 spiro atoms. The third-order valence-electron chi connectivity index (χ3n) is 3.69. The number of hydrogen-bond acceptors (Lipinski definition) is 3. The number of nitrogens with zero attached hydrogens (tertiary/aromatic N) is 2. The van der Waals surface area contributed by atoms with E-state index >= 15 is 0 Å². The second-order valence-electron chi connectivity index (χ2n) is 6.30. The van der Waals surface area contributed by atoms with Crippen molar-refractivity contribution in [3.05, 3.63) is 66.0 Å². The summed E-state index contributed by atoms with van der Waals surface area (Å²) >= 11 is 0. The van der Waals surface area contributed by atoms with Crippen molar-refractivity contribution in [2.75, 3.05) is 13.6 Å². The highest BCUT2D eigenvalue weighted by Crippen LogP contribution is 2.33. The molecule has 112 valence electrons. The Morgan fingerprint density at radius 3 is 2.38 bits per heavy atom. The monoisotopic (exact) mass is 284 g/mol. The van der Waals surface area contributed by atoms with Crippen LogP contribution in [0.2, 0.25) is 0 Å². The first-order valence-corrected chi connectivity index (χ1v) is 7.30. The molecule has 1 heterocycles. The second-order valence-corrected chi connectivity index (χ2v) is 6.30. The molecular formula is C18H24N2O. The van der Waals surface area contributed by atoms with E-state index in [0.717, 1.165) is 24.3 Å². The van der Waals surface area contributed by atoms with Gasteiger partial charge in [-0.3, -0.25) is 9.88 Å². The van der Waals surface area contributed by atoms with Gasteiger partial charge in [0.25, 0.3) is 0 Å². The van der Waals surface area contributed by atoms with Gasteiger partial charge >= 0.3 is 0 Å². The highest BCUT2D eigenvalue weighted by Gasteiger charge is 2.30. The third kappa shape index (κ3) is 4.38. The van der Waals surface area contributed by atoms with E-state index < -0.39 is 6.10 Å². The number of hydrogen-bond donors (Lipinski definition) is 1. The van der Waals surface area contributed by atoms with Gasteiger partial charge in [0, 0.05) is 24.7 Å². The molecule has 3 heteroatoms. The third-order valence-corrected chi connectivity index (χ3v) is 3.69. The van der Waals surface area contributed by atoms with Gasteiger partial charge in [-0.05, 0) is 24.7 Å². The van der Waals surface area contributed by atoms with Crippen LogP contribution >= 0.6 is 0 Å². The molecule has 0 aliphatic rings. The zero-order chi connectivity index (χ0) is 15.3. The van der Waals surface area contributed by atoms with E-state index in [1.807, 2.05) is 54.7 Å². The Labute approximate surface area is 127 Å². The Balaban J connectivity index is 2.00. The summed E-state index contributed by atoms with van der Waals surface area (Å²) < 4.78 is 0. The number of aliphatic hydroxyl groups is 1. The van der Waals surface area contributed by atoms with Crippen LogP contribution in [-0.4, -0.2) is 28.6 Å². The Morgan fingerprint density at radius 1 is 1.10 bits per heavy atom. The van der Waals surface area contributed by atoms with Gasteiger partial charge in [-0.2, -0.15) is 0 Å². The molecule has 2 rings (SSSR count). The molecule has 3 nitrogen and oxygen atoms in total. The molecule has 0 saturated heterocycles. The van der Waals surface area contributed by atoms with Crippen LogP contribution in [0.4, 0.5) is 0 Å². The second kappa shape index (κ2) is 6.83. The number of pyridine rings is 1. The van der Waals surface area contributed by atoms with Crippen LogP contribution < -0.4 is 0 Å². The molecule has 1 N–H and O–H groups in total. The number of aromatic nitrogens is 1. The Kier molecular flexibility index (Phi) is 5.10. The average molecular weight is 284 g/mol. The lowest BCUT2D eigenvalue weighted by Crippen LogP contribution is -2.35. The summed E-state index contributed by atoms with van der Waals surface area (Å²) in [5, 5.41) is 10.6. The normalized spacial score (nSPS) is 13.4. The highest BCUT2D eigenvalue weighted by atomic mass is 16.3. The molecular weight excluding hydrogens is 260 g/mol. The number of aliphatic hydroxyl groups excluding tert-OH is 1. The van der Waals surface area contributed by atoms with Crippen molar-refractivity contribution in [2.24, 2.45) is 5.41 Å². The fourth-order valence-corrected chi connectivity index (χ4v) is 2.69. The van der Waals surface area contributed by atoms with Gasteiger partial charge in [0.2, 0.25) is 0 Å². The zero-order valence-corrected chi connectivity index (χ0v) is 13.0. The van der Waals surface area contributed by atoms with Gasteiger partial charge in [0.15, 0.2) is 0 Å². The SMILES string of the molecule is CN(Cc1ccccn1)CC(C)(C)C(O)c1ccccc1. The largest absolute Gasteiger partial charge is 0.388 e. The molecule has 1 atom stereocenters. The van der Waals surface area contributed by atoms with Gasteiger partial charge in [-0.15, -0.1) is 0 Å². The van der Waals surface area contributed by atoms with E-state index in [9.17, 15) is 5.11 Å². The van der Waals surface area contributed by atoms with E-state index in [4.69, 9.17) is 0 Å². The lowest BCUT2D eigenvalue weighted by Gasteiger charge is -2.34. The van der Waals surface area contributed by atoms with Crippen molar-refractivity contribution in [1.82, 2.24) is 9.88 Å². The summed E-state index contributed by atoms with van der Waals surface area (Å²) in [7, 11) is 2.06. The molecule has 0 aliphatic heterocycles. The predicted octanol–water partition coefficient (Wildman–Crippen LogP) is 3.27. The van der Waals surface area contributed by atoms with Crippen molar-refractivity contribution in [2.45, 2.75) is 26.5 Å². The summed E-state index contributed by atoms with van der Waals surface area (Å²) in [5.41, 5.74) is 1.78. The van der Waals surface area contributed by atoms with Crippen molar-refractivity contribution in [3.8, 4) is 0 Å². The first kappa shape index (κ1) is 15.7. The minimum absolute atomic E-state index is 0.231. The maximum absolute atomic E-state index is 10.6. The fraction of sp³-hybridized carbons (Fsp3) is 0.389. The topological polar surface area (TPSA) is 36.4 Å². The molecule has 0 fully saturated rings. The maximum Gasteiger partial charge on any atom is 0.0853 e. The summed E-state index contributed by atoms with van der Waals surface area (Å²) in [6.45, 7) is 5.77. The van der Waals surface area contributed by atoms with Gasteiger partial charge < -0.3 is 5.11 Å². The Morgan fingerprint density at radius 2 is 1.76 bits per heavy atom. The van der Waals surface area contributed by atoms with Gasteiger partial charge in [0.05, 0.1) is 11.8 Å². The predicted molar refractivity (Wildman–Crippen MR) is 85.8 cm³/mol. The lowest BCUT2D eigenvalue weighted by molar-refractivity contribution is 0.0241. The van der Waals surface area contributed by atoms with Crippen LogP contribution in [-0.2, 0) is 6.54 Å². The molecule has 0 saturated carbocycles. The van der Waals surface area contributed by atoms with E-state index in [1.165, 1.54) is 0 Å². The molecule has 0 radical (unpaired) electrons. The van der Waals surface area contributed by atoms with Crippen molar-refractivity contribution in [3.63, 3.8) is 0 Å². The standard InChI is InChI=1S/C18H24N2O/c1-18(2,17(21)15-9-5-4-6-10-15)14-20(3)13-16-11-7-8-12-19-16/h4-12,17,21H,13-14H2,1-3H3. The van der Waals surface area contributed by atoms with E-state index in [1.54, 1.807) is 0 Å². The molecule has 0 aliphatic carbocycles. The highest BCUT2D eigenvalue weighted by molar-refractivity contribution is 5.19. The van der Waals surface area contributed by atoms with Gasteiger partial charge in [0.1, 0.15) is 0 Å². The Bertz CT molecular complexity index is 540. The van der Waals surface area contributed by atoms with Crippen molar-refractivity contribution >= 4 is 0 Å². The summed E-state index contributed by atoms with van der Waals surface area (Å²) in [6.07, 6.45) is 1.33. The maximum atomic E-state index is 10.6.